The SMILES string of the molecule is CCN1CCC(=O)Nc2c(OC)cccc21. The summed E-state index contributed by atoms with van der Waals surface area (Å²) in [7, 11) is 1.61. The number of para-hydroxylation sites is 1. The summed E-state index contributed by atoms with van der Waals surface area (Å²) in [5.41, 5.74) is 1.82. The molecule has 1 aromatic carbocycles. The Morgan fingerprint density at radius 2 is 2.31 bits per heavy atom. The van der Waals surface area contributed by atoms with E-state index in [0.717, 1.165) is 24.5 Å². The molecule has 4 heteroatoms. The van der Waals surface area contributed by atoms with Gasteiger partial charge in [-0.15, -0.1) is 0 Å². The lowest BCUT2D eigenvalue weighted by Gasteiger charge is -2.22. The normalized spacial score (nSPS) is 15.1. The number of nitrogens with one attached hydrogen (secondary N) is 1. The molecule has 1 N–H and O–H groups in total. The van der Waals surface area contributed by atoms with Crippen LogP contribution < -0.4 is 15.0 Å². The molecular weight excluding hydrogens is 204 g/mol. The second kappa shape index (κ2) is 4.43. The number of hydrogen-bond acceptors (Lipinski definition) is 3. The van der Waals surface area contributed by atoms with E-state index in [1.54, 1.807) is 7.11 Å². The van der Waals surface area contributed by atoms with Crippen molar-refractivity contribution in [2.24, 2.45) is 0 Å². The highest BCUT2D eigenvalue weighted by Gasteiger charge is 2.20. The largest absolute Gasteiger partial charge is 0.494 e. The second-order valence-corrected chi connectivity index (χ2v) is 3.73. The average molecular weight is 220 g/mol. The number of anilines is 2. The minimum atomic E-state index is 0.0432. The lowest BCUT2D eigenvalue weighted by atomic mass is 10.2. The fourth-order valence-electron chi connectivity index (χ4n) is 1.97. The Balaban J connectivity index is 2.50. The Labute approximate surface area is 95.2 Å². The van der Waals surface area contributed by atoms with Gasteiger partial charge in [0.25, 0.3) is 0 Å². The highest BCUT2D eigenvalue weighted by Crippen LogP contribution is 2.36. The lowest BCUT2D eigenvalue weighted by molar-refractivity contribution is -0.115. The van der Waals surface area contributed by atoms with Gasteiger partial charge in [-0.25, -0.2) is 0 Å². The van der Waals surface area contributed by atoms with Crippen LogP contribution in [0.15, 0.2) is 18.2 Å². The molecule has 0 saturated heterocycles. The molecule has 0 aromatic heterocycles. The first-order valence-electron chi connectivity index (χ1n) is 5.48. The minimum absolute atomic E-state index is 0.0432. The summed E-state index contributed by atoms with van der Waals surface area (Å²) in [6, 6.07) is 5.81. The van der Waals surface area contributed by atoms with Gasteiger partial charge in [0, 0.05) is 19.5 Å². The summed E-state index contributed by atoms with van der Waals surface area (Å²) >= 11 is 0. The summed E-state index contributed by atoms with van der Waals surface area (Å²) in [5.74, 6) is 0.757. The third kappa shape index (κ3) is 1.83. The summed E-state index contributed by atoms with van der Waals surface area (Å²) in [4.78, 5) is 13.8. The molecule has 1 amide bonds. The van der Waals surface area contributed by atoms with Crippen LogP contribution in [0.4, 0.5) is 11.4 Å². The smallest absolute Gasteiger partial charge is 0.226 e. The molecule has 0 fully saturated rings. The van der Waals surface area contributed by atoms with Crippen molar-refractivity contribution in [1.29, 1.82) is 0 Å². The van der Waals surface area contributed by atoms with Gasteiger partial charge in [0.05, 0.1) is 12.8 Å². The number of benzene rings is 1. The van der Waals surface area contributed by atoms with Gasteiger partial charge in [0.2, 0.25) is 5.91 Å². The van der Waals surface area contributed by atoms with Crippen LogP contribution in [0.1, 0.15) is 13.3 Å². The third-order valence-corrected chi connectivity index (χ3v) is 2.82. The van der Waals surface area contributed by atoms with Crippen LogP contribution in [-0.4, -0.2) is 26.1 Å². The van der Waals surface area contributed by atoms with Crippen LogP contribution in [0.2, 0.25) is 0 Å². The van der Waals surface area contributed by atoms with Gasteiger partial charge < -0.3 is 15.0 Å². The number of amides is 1. The van der Waals surface area contributed by atoms with Crippen LogP contribution in [0.5, 0.6) is 5.75 Å². The van der Waals surface area contributed by atoms with Gasteiger partial charge in [-0.2, -0.15) is 0 Å². The monoisotopic (exact) mass is 220 g/mol. The van der Waals surface area contributed by atoms with E-state index < -0.39 is 0 Å². The molecule has 0 bridgehead atoms. The predicted octanol–water partition coefficient (Wildman–Crippen LogP) is 1.86. The van der Waals surface area contributed by atoms with E-state index in [2.05, 4.69) is 17.1 Å². The van der Waals surface area contributed by atoms with E-state index in [4.69, 9.17) is 4.74 Å². The third-order valence-electron chi connectivity index (χ3n) is 2.82. The standard InChI is InChI=1S/C12H16N2O2/c1-3-14-8-7-11(15)13-12-9(14)5-4-6-10(12)16-2/h4-6H,3,7-8H2,1-2H3,(H,13,15). The topological polar surface area (TPSA) is 41.6 Å². The van der Waals surface area contributed by atoms with Gasteiger partial charge in [-0.3, -0.25) is 4.79 Å². The van der Waals surface area contributed by atoms with Crippen LogP contribution in [0, 0.1) is 0 Å². The zero-order valence-corrected chi connectivity index (χ0v) is 9.62. The fraction of sp³-hybridized carbons (Fsp3) is 0.417. The number of ether oxygens (including phenoxy) is 1. The van der Waals surface area contributed by atoms with Crippen LogP contribution >= 0.6 is 0 Å². The van der Waals surface area contributed by atoms with Crippen molar-refractivity contribution in [2.75, 3.05) is 30.4 Å². The summed E-state index contributed by atoms with van der Waals surface area (Å²) < 4.78 is 5.27. The molecule has 4 nitrogen and oxygen atoms in total. The van der Waals surface area contributed by atoms with Gasteiger partial charge in [0.1, 0.15) is 11.4 Å². The lowest BCUT2D eigenvalue weighted by Crippen LogP contribution is -2.23. The van der Waals surface area contributed by atoms with Gasteiger partial charge in [-0.1, -0.05) is 6.07 Å². The van der Waals surface area contributed by atoms with Gasteiger partial charge in [-0.05, 0) is 19.1 Å². The maximum atomic E-state index is 11.6. The van der Waals surface area contributed by atoms with Crippen molar-refractivity contribution >= 4 is 17.3 Å². The average Bonchev–Trinajstić information content (AvgIpc) is 2.46. The quantitative estimate of drug-likeness (QED) is 0.827. The number of rotatable bonds is 2. The molecule has 1 aliphatic rings. The van der Waals surface area contributed by atoms with E-state index in [9.17, 15) is 4.79 Å². The van der Waals surface area contributed by atoms with Crippen LogP contribution in [0.3, 0.4) is 0 Å². The number of carbonyl (C=O) groups is 1. The second-order valence-electron chi connectivity index (χ2n) is 3.73. The molecule has 1 aromatic rings. The molecule has 0 atom stereocenters. The van der Waals surface area contributed by atoms with Crippen molar-refractivity contribution in [3.63, 3.8) is 0 Å². The van der Waals surface area contributed by atoms with Crippen molar-refractivity contribution in [3.05, 3.63) is 18.2 Å². The van der Waals surface area contributed by atoms with E-state index in [1.165, 1.54) is 0 Å². The Hall–Kier alpha value is -1.71. The van der Waals surface area contributed by atoms with E-state index in [-0.39, 0.29) is 5.91 Å². The molecule has 16 heavy (non-hydrogen) atoms. The fourth-order valence-corrected chi connectivity index (χ4v) is 1.97. The van der Waals surface area contributed by atoms with Crippen LogP contribution in [0.25, 0.3) is 0 Å². The first-order chi connectivity index (χ1) is 7.76. The minimum Gasteiger partial charge on any atom is -0.494 e. The molecule has 0 aliphatic carbocycles. The van der Waals surface area contributed by atoms with Crippen molar-refractivity contribution < 1.29 is 9.53 Å². The van der Waals surface area contributed by atoms with Crippen molar-refractivity contribution in [2.45, 2.75) is 13.3 Å². The Morgan fingerprint density at radius 1 is 1.50 bits per heavy atom. The number of nitrogens with zero attached hydrogens (tertiary/aromatic N) is 1. The summed E-state index contributed by atoms with van der Waals surface area (Å²) in [6.07, 6.45) is 0.520. The van der Waals surface area contributed by atoms with Crippen molar-refractivity contribution in [3.8, 4) is 5.75 Å². The maximum absolute atomic E-state index is 11.6. The Bertz CT molecular complexity index is 404. The highest BCUT2D eigenvalue weighted by atomic mass is 16.5. The molecule has 1 heterocycles. The van der Waals surface area contributed by atoms with E-state index in [1.807, 2.05) is 18.2 Å². The Morgan fingerprint density at radius 3 is 3.00 bits per heavy atom. The molecule has 2 rings (SSSR count). The van der Waals surface area contributed by atoms with Gasteiger partial charge in [0.15, 0.2) is 0 Å². The van der Waals surface area contributed by atoms with Gasteiger partial charge >= 0.3 is 0 Å². The molecule has 0 radical (unpaired) electrons. The molecule has 0 saturated carbocycles. The zero-order valence-electron chi connectivity index (χ0n) is 9.62. The predicted molar refractivity (Wildman–Crippen MR) is 64.1 cm³/mol. The van der Waals surface area contributed by atoms with E-state index >= 15 is 0 Å². The van der Waals surface area contributed by atoms with Crippen LogP contribution in [-0.2, 0) is 4.79 Å². The molecule has 86 valence electrons. The first kappa shape index (κ1) is 10.8. The summed E-state index contributed by atoms with van der Waals surface area (Å²) in [5, 5.41) is 2.90. The Kier molecular flexibility index (Phi) is 2.99. The molecule has 0 unspecified atom stereocenters. The number of hydrogen-bond donors (Lipinski definition) is 1. The zero-order chi connectivity index (χ0) is 11.5. The maximum Gasteiger partial charge on any atom is 0.226 e. The first-order valence-corrected chi connectivity index (χ1v) is 5.48. The van der Waals surface area contributed by atoms with Crippen molar-refractivity contribution in [1.82, 2.24) is 0 Å². The number of carbonyl (C=O) groups excluding carboxylic acids is 1. The molecule has 0 spiro atoms. The highest BCUT2D eigenvalue weighted by molar-refractivity contribution is 5.98. The number of fused-ring (bicyclic) bond motifs is 1. The molecular formula is C12H16N2O2. The summed E-state index contributed by atoms with van der Waals surface area (Å²) in [6.45, 7) is 3.72. The number of methoxy groups -OCH3 is 1. The van der Waals surface area contributed by atoms with E-state index in [0.29, 0.717) is 12.2 Å². The molecule has 1 aliphatic heterocycles.